The van der Waals surface area contributed by atoms with Gasteiger partial charge >= 0.3 is 0 Å². The van der Waals surface area contributed by atoms with Crippen LogP contribution in [0.3, 0.4) is 0 Å². The van der Waals surface area contributed by atoms with Gasteiger partial charge in [-0.25, -0.2) is 4.99 Å². The molecule has 1 saturated carbocycles. The molecule has 34 heavy (non-hydrogen) atoms. The Balaban J connectivity index is 1.44. The van der Waals surface area contributed by atoms with Gasteiger partial charge in [0.25, 0.3) is 0 Å². The number of hydrogen-bond donors (Lipinski definition) is 2. The van der Waals surface area contributed by atoms with Gasteiger partial charge in [-0.15, -0.1) is 0 Å². The lowest BCUT2D eigenvalue weighted by atomic mass is 10.0. The molecule has 3 aliphatic rings. The maximum absolute atomic E-state index is 6.11. The summed E-state index contributed by atoms with van der Waals surface area (Å²) >= 11 is 0. The molecule has 2 aromatic rings. The molecule has 0 unspecified atom stereocenters. The van der Waals surface area contributed by atoms with Crippen molar-refractivity contribution in [2.45, 2.75) is 33.2 Å². The normalized spacial score (nSPS) is 17.4. The molecule has 1 aromatic heterocycles. The van der Waals surface area contributed by atoms with E-state index in [1.807, 2.05) is 26.2 Å². The van der Waals surface area contributed by atoms with E-state index < -0.39 is 0 Å². The highest BCUT2D eigenvalue weighted by Gasteiger charge is 2.25. The number of aromatic nitrogens is 1. The van der Waals surface area contributed by atoms with E-state index in [-0.39, 0.29) is 0 Å². The van der Waals surface area contributed by atoms with Gasteiger partial charge in [0.15, 0.2) is 0 Å². The van der Waals surface area contributed by atoms with Crippen LogP contribution in [-0.4, -0.2) is 35.9 Å². The molecule has 1 aromatic carbocycles. The largest absolute Gasteiger partial charge is 0.491 e. The Bertz CT molecular complexity index is 1260. The number of anilines is 1. The third-order valence-electron chi connectivity index (χ3n) is 6.62. The molecule has 0 radical (unpaired) electrons. The Morgan fingerprint density at radius 1 is 1.21 bits per heavy atom. The first-order valence-corrected chi connectivity index (χ1v) is 11.8. The third-order valence-corrected chi connectivity index (χ3v) is 6.62. The summed E-state index contributed by atoms with van der Waals surface area (Å²) in [4.78, 5) is 11.6. The predicted molar refractivity (Wildman–Crippen MR) is 138 cm³/mol. The minimum absolute atomic E-state index is 0.594. The molecule has 2 aliphatic heterocycles. The predicted octanol–water partition coefficient (Wildman–Crippen LogP) is 5.16. The van der Waals surface area contributed by atoms with Gasteiger partial charge in [0, 0.05) is 54.0 Å². The van der Waals surface area contributed by atoms with E-state index in [4.69, 9.17) is 4.74 Å². The van der Waals surface area contributed by atoms with Crippen LogP contribution in [0.5, 0.6) is 5.75 Å². The Morgan fingerprint density at radius 2 is 2.06 bits per heavy atom. The number of aryl methyl sites for hydroxylation is 1. The molecule has 1 aliphatic carbocycles. The number of pyridine rings is 1. The van der Waals surface area contributed by atoms with Crippen molar-refractivity contribution in [2.75, 3.05) is 25.5 Å². The number of rotatable bonds is 5. The van der Waals surface area contributed by atoms with Crippen LogP contribution >= 0.6 is 0 Å². The average molecular weight is 454 g/mol. The van der Waals surface area contributed by atoms with Crippen LogP contribution in [0.1, 0.15) is 31.0 Å². The lowest BCUT2D eigenvalue weighted by Crippen LogP contribution is -2.34. The van der Waals surface area contributed by atoms with Crippen molar-refractivity contribution in [3.8, 4) is 16.9 Å². The van der Waals surface area contributed by atoms with Crippen LogP contribution in [0.4, 0.5) is 5.69 Å². The van der Waals surface area contributed by atoms with Crippen LogP contribution in [0.2, 0.25) is 0 Å². The fraction of sp³-hybridized carbons (Fsp3) is 0.321. The van der Waals surface area contributed by atoms with Crippen molar-refractivity contribution in [3.63, 3.8) is 0 Å². The van der Waals surface area contributed by atoms with Crippen LogP contribution in [0, 0.1) is 12.8 Å². The van der Waals surface area contributed by atoms with E-state index in [0.717, 1.165) is 63.2 Å². The number of likely N-dealkylation sites (N-methyl/N-ethyl adjacent to an activating group) is 1. The van der Waals surface area contributed by atoms with Crippen LogP contribution < -0.4 is 15.4 Å². The van der Waals surface area contributed by atoms with Crippen molar-refractivity contribution in [2.24, 2.45) is 10.9 Å². The molecule has 1 fully saturated rings. The molecule has 0 amide bonds. The van der Waals surface area contributed by atoms with E-state index in [2.05, 4.69) is 69.0 Å². The van der Waals surface area contributed by atoms with Crippen LogP contribution in [0.25, 0.3) is 11.1 Å². The van der Waals surface area contributed by atoms with Gasteiger partial charge in [-0.1, -0.05) is 18.4 Å². The molecule has 2 N–H and O–H groups in total. The lowest BCUT2D eigenvalue weighted by Gasteiger charge is -2.25. The number of amidine groups is 1. The van der Waals surface area contributed by atoms with E-state index in [1.165, 1.54) is 12.8 Å². The number of aliphatic imine (C=N–C) groups is 1. The molecule has 0 spiro atoms. The SMILES string of the molecule is C=C(Nc1cc(-c2ccc3c(c2)CN(C2=NC=C=CC(NC)=C2C)CCO3)cnc1C)C1CC1. The maximum atomic E-state index is 6.11. The zero-order valence-corrected chi connectivity index (χ0v) is 20.1. The monoisotopic (exact) mass is 453 g/mol. The van der Waals surface area contributed by atoms with Crippen molar-refractivity contribution >= 4 is 11.5 Å². The van der Waals surface area contributed by atoms with Gasteiger partial charge in [-0.2, -0.15) is 0 Å². The summed E-state index contributed by atoms with van der Waals surface area (Å²) in [5.74, 6) is 2.45. The minimum Gasteiger partial charge on any atom is -0.491 e. The summed E-state index contributed by atoms with van der Waals surface area (Å²) in [5, 5.41) is 6.74. The van der Waals surface area contributed by atoms with Gasteiger partial charge in [-0.05, 0) is 56.4 Å². The lowest BCUT2D eigenvalue weighted by molar-refractivity contribution is 0.289. The summed E-state index contributed by atoms with van der Waals surface area (Å²) in [5.41, 5.74) is 11.6. The molecule has 6 nitrogen and oxygen atoms in total. The Labute approximate surface area is 201 Å². The highest BCUT2D eigenvalue weighted by Crippen LogP contribution is 2.37. The average Bonchev–Trinajstić information content (AvgIpc) is 3.69. The van der Waals surface area contributed by atoms with Gasteiger partial charge in [-0.3, -0.25) is 4.98 Å². The second-order valence-corrected chi connectivity index (χ2v) is 9.06. The second-order valence-electron chi connectivity index (χ2n) is 9.06. The van der Waals surface area contributed by atoms with Gasteiger partial charge in [0.2, 0.25) is 0 Å². The third kappa shape index (κ3) is 4.50. The van der Waals surface area contributed by atoms with Gasteiger partial charge in [0.1, 0.15) is 18.2 Å². The first kappa shape index (κ1) is 22.1. The van der Waals surface area contributed by atoms with E-state index in [1.54, 1.807) is 6.20 Å². The fourth-order valence-corrected chi connectivity index (χ4v) is 4.40. The summed E-state index contributed by atoms with van der Waals surface area (Å²) in [6, 6.07) is 8.57. The molecule has 0 saturated heterocycles. The smallest absolute Gasteiger partial charge is 0.134 e. The van der Waals surface area contributed by atoms with E-state index in [9.17, 15) is 0 Å². The molecule has 174 valence electrons. The van der Waals surface area contributed by atoms with Crippen LogP contribution in [0.15, 0.2) is 77.0 Å². The topological polar surface area (TPSA) is 61.8 Å². The molecular weight excluding hydrogens is 422 g/mol. The zero-order chi connectivity index (χ0) is 23.7. The second kappa shape index (κ2) is 9.24. The summed E-state index contributed by atoms with van der Waals surface area (Å²) in [7, 11) is 1.92. The maximum Gasteiger partial charge on any atom is 0.134 e. The molecular formula is C28H31N5O. The first-order chi connectivity index (χ1) is 16.5. The van der Waals surface area contributed by atoms with Gasteiger partial charge in [0.05, 0.1) is 24.1 Å². The van der Waals surface area contributed by atoms with E-state index in [0.29, 0.717) is 19.1 Å². The fourth-order valence-electron chi connectivity index (χ4n) is 4.40. The van der Waals surface area contributed by atoms with Gasteiger partial charge < -0.3 is 20.3 Å². The van der Waals surface area contributed by atoms with E-state index >= 15 is 0 Å². The summed E-state index contributed by atoms with van der Waals surface area (Å²) in [6.45, 7) is 10.4. The molecule has 3 heterocycles. The molecule has 0 bridgehead atoms. The number of nitrogens with zero attached hydrogens (tertiary/aromatic N) is 3. The summed E-state index contributed by atoms with van der Waals surface area (Å²) < 4.78 is 6.11. The van der Waals surface area contributed by atoms with Crippen molar-refractivity contribution in [1.29, 1.82) is 0 Å². The summed E-state index contributed by atoms with van der Waals surface area (Å²) in [6.07, 6.45) is 8.05. The Kier molecular flexibility index (Phi) is 5.99. The zero-order valence-electron chi connectivity index (χ0n) is 20.1. The van der Waals surface area contributed by atoms with Crippen molar-refractivity contribution in [1.82, 2.24) is 15.2 Å². The standard InChI is InChI=1S/C28H31N5O/c1-18-25(29-4)6-5-11-30-28(18)33-12-13-34-27-10-9-22(14-24(27)17-33)23-15-26(20(3)31-16-23)32-19(2)21-7-8-21/h6,9-11,14-16,21,29,32H,2,7-8,12-13,17H2,1,3-4H3. The quantitative estimate of drug-likeness (QED) is 0.612. The Morgan fingerprint density at radius 3 is 2.85 bits per heavy atom. The van der Waals surface area contributed by atoms with Crippen LogP contribution in [-0.2, 0) is 6.54 Å². The van der Waals surface area contributed by atoms with Crippen molar-refractivity contribution in [3.05, 3.63) is 83.3 Å². The Hall–Kier alpha value is -3.76. The molecule has 0 atom stereocenters. The first-order valence-electron chi connectivity index (χ1n) is 11.8. The number of ether oxygens (including phenoxy) is 1. The number of fused-ring (bicyclic) bond motifs is 1. The van der Waals surface area contributed by atoms with Crippen molar-refractivity contribution < 1.29 is 4.74 Å². The number of allylic oxidation sites excluding steroid dienone is 2. The minimum atomic E-state index is 0.594. The number of benzene rings is 1. The number of hydrogen-bond acceptors (Lipinski definition) is 6. The highest BCUT2D eigenvalue weighted by molar-refractivity contribution is 5.99. The number of nitrogens with one attached hydrogen (secondary N) is 2. The molecule has 5 rings (SSSR count). The highest BCUT2D eigenvalue weighted by atomic mass is 16.5. The molecule has 6 heteroatoms.